The summed E-state index contributed by atoms with van der Waals surface area (Å²) in [6, 6.07) is 14.2. The molecule has 0 fully saturated rings. The molecule has 3 rings (SSSR count). The Morgan fingerprint density at radius 3 is 2.48 bits per heavy atom. The zero-order valence-corrected chi connectivity index (χ0v) is 11.5. The molecule has 0 aliphatic heterocycles. The average Bonchev–Trinajstić information content (AvgIpc) is 3.01. The van der Waals surface area contributed by atoms with E-state index in [1.54, 1.807) is 6.08 Å². The summed E-state index contributed by atoms with van der Waals surface area (Å²) < 4.78 is 0. The predicted octanol–water partition coefficient (Wildman–Crippen LogP) is 3.00. The lowest BCUT2D eigenvalue weighted by molar-refractivity contribution is 1.12. The molecule has 21 heavy (non-hydrogen) atoms. The van der Waals surface area contributed by atoms with Crippen LogP contribution in [0.5, 0.6) is 0 Å². The zero-order chi connectivity index (χ0) is 14.8. The maximum atomic E-state index is 5.97. The van der Waals surface area contributed by atoms with Crippen LogP contribution in [-0.4, -0.2) is 10.2 Å². The smallest absolute Gasteiger partial charge is 0.0656 e. The van der Waals surface area contributed by atoms with Crippen LogP contribution in [0.2, 0.25) is 0 Å². The van der Waals surface area contributed by atoms with Gasteiger partial charge in [-0.1, -0.05) is 43.0 Å². The van der Waals surface area contributed by atoms with E-state index < -0.39 is 0 Å². The van der Waals surface area contributed by atoms with E-state index in [0.29, 0.717) is 11.4 Å². The summed E-state index contributed by atoms with van der Waals surface area (Å²) in [5, 5.41) is 8.11. The molecule has 0 spiro atoms. The number of fused-ring (bicyclic) bond motifs is 1. The number of aromatic nitrogens is 2. The van der Waals surface area contributed by atoms with Crippen LogP contribution in [0.25, 0.3) is 27.7 Å². The van der Waals surface area contributed by atoms with Crippen molar-refractivity contribution in [1.29, 1.82) is 0 Å². The second kappa shape index (κ2) is 5.17. The molecular formula is C17H16N4. The third-order valence-electron chi connectivity index (χ3n) is 3.50. The van der Waals surface area contributed by atoms with Crippen LogP contribution in [0, 0.1) is 0 Å². The van der Waals surface area contributed by atoms with Gasteiger partial charge in [0.2, 0.25) is 0 Å². The van der Waals surface area contributed by atoms with Crippen molar-refractivity contribution in [2.45, 2.75) is 0 Å². The lowest BCUT2D eigenvalue weighted by Crippen LogP contribution is -2.06. The van der Waals surface area contributed by atoms with E-state index in [-0.39, 0.29) is 0 Å². The highest BCUT2D eigenvalue weighted by molar-refractivity contribution is 5.84. The van der Waals surface area contributed by atoms with E-state index >= 15 is 0 Å². The van der Waals surface area contributed by atoms with Crippen LogP contribution in [0.1, 0.15) is 5.56 Å². The van der Waals surface area contributed by atoms with Crippen molar-refractivity contribution in [2.75, 3.05) is 0 Å². The number of hydrogen-bond acceptors (Lipinski definition) is 3. The van der Waals surface area contributed by atoms with Gasteiger partial charge in [0.15, 0.2) is 0 Å². The minimum atomic E-state index is 0.488. The Bertz CT molecular complexity index is 825. The summed E-state index contributed by atoms with van der Waals surface area (Å²) in [4.78, 5) is 0. The summed E-state index contributed by atoms with van der Waals surface area (Å²) in [6.07, 6.45) is 3.36. The Morgan fingerprint density at radius 2 is 1.76 bits per heavy atom. The number of nitrogens with zero attached hydrogens (tertiary/aromatic N) is 1. The third-order valence-corrected chi connectivity index (χ3v) is 3.50. The molecule has 2 aromatic carbocycles. The number of hydrogen-bond donors (Lipinski definition) is 3. The molecule has 0 radical (unpaired) electrons. The van der Waals surface area contributed by atoms with Gasteiger partial charge >= 0.3 is 0 Å². The largest absolute Gasteiger partial charge is 0.397 e. The lowest BCUT2D eigenvalue weighted by Gasteiger charge is -2.07. The normalized spacial score (nSPS) is 12.2. The molecule has 0 aliphatic carbocycles. The van der Waals surface area contributed by atoms with Gasteiger partial charge < -0.3 is 11.5 Å². The summed E-state index contributed by atoms with van der Waals surface area (Å²) in [5.74, 6) is 0. The first kappa shape index (κ1) is 13.0. The second-order valence-corrected chi connectivity index (χ2v) is 4.82. The zero-order valence-electron chi connectivity index (χ0n) is 11.5. The molecular weight excluding hydrogens is 260 g/mol. The molecule has 0 amide bonds. The number of allylic oxidation sites excluding steroid dienone is 1. The van der Waals surface area contributed by atoms with E-state index in [1.165, 1.54) is 0 Å². The van der Waals surface area contributed by atoms with Gasteiger partial charge in [0.05, 0.1) is 23.1 Å². The van der Waals surface area contributed by atoms with Crippen LogP contribution < -0.4 is 11.5 Å². The number of benzene rings is 2. The monoisotopic (exact) mass is 276 g/mol. The van der Waals surface area contributed by atoms with E-state index in [1.807, 2.05) is 36.5 Å². The molecule has 0 saturated heterocycles. The van der Waals surface area contributed by atoms with Crippen molar-refractivity contribution in [3.63, 3.8) is 0 Å². The molecule has 1 heterocycles. The number of nitrogens with one attached hydrogen (secondary N) is 1. The predicted molar refractivity (Wildman–Crippen MR) is 87.0 cm³/mol. The average molecular weight is 276 g/mol. The first-order valence-corrected chi connectivity index (χ1v) is 6.60. The van der Waals surface area contributed by atoms with E-state index in [9.17, 15) is 0 Å². The Labute approximate surface area is 122 Å². The highest BCUT2D eigenvalue weighted by Crippen LogP contribution is 2.24. The van der Waals surface area contributed by atoms with Crippen LogP contribution in [-0.2, 0) is 0 Å². The molecule has 3 aromatic rings. The van der Waals surface area contributed by atoms with Crippen LogP contribution in [0.15, 0.2) is 67.0 Å². The SMILES string of the molecule is C=C/C(N)=C(/N)c1ccc(-c2ccc3cn[nH]c3c2)cc1. The van der Waals surface area contributed by atoms with E-state index in [4.69, 9.17) is 11.5 Å². The number of nitrogens with two attached hydrogens (primary N) is 2. The van der Waals surface area contributed by atoms with Crippen molar-refractivity contribution >= 4 is 16.6 Å². The molecule has 1 aromatic heterocycles. The van der Waals surface area contributed by atoms with Gasteiger partial charge in [0, 0.05) is 5.39 Å². The Morgan fingerprint density at radius 1 is 1.05 bits per heavy atom. The first-order valence-electron chi connectivity index (χ1n) is 6.60. The van der Waals surface area contributed by atoms with E-state index in [0.717, 1.165) is 27.6 Å². The van der Waals surface area contributed by atoms with Crippen molar-refractivity contribution < 1.29 is 0 Å². The van der Waals surface area contributed by atoms with Crippen molar-refractivity contribution in [2.24, 2.45) is 11.5 Å². The van der Waals surface area contributed by atoms with Gasteiger partial charge in [-0.25, -0.2) is 0 Å². The summed E-state index contributed by atoms with van der Waals surface area (Å²) >= 11 is 0. The van der Waals surface area contributed by atoms with Gasteiger partial charge in [-0.3, -0.25) is 5.10 Å². The summed E-state index contributed by atoms with van der Waals surface area (Å²) in [6.45, 7) is 3.62. The summed E-state index contributed by atoms with van der Waals surface area (Å²) in [5.41, 5.74) is 16.9. The van der Waals surface area contributed by atoms with Crippen molar-refractivity contribution in [3.05, 3.63) is 72.6 Å². The maximum absolute atomic E-state index is 5.97. The highest BCUT2D eigenvalue weighted by atomic mass is 15.1. The molecule has 4 heteroatoms. The Balaban J connectivity index is 1.98. The number of H-pyrrole nitrogens is 1. The Hall–Kier alpha value is -3.01. The van der Waals surface area contributed by atoms with Crippen molar-refractivity contribution in [3.8, 4) is 11.1 Å². The third kappa shape index (κ3) is 2.39. The fourth-order valence-corrected chi connectivity index (χ4v) is 2.24. The fraction of sp³-hybridized carbons (Fsp3) is 0. The molecule has 0 aliphatic rings. The molecule has 5 N–H and O–H groups in total. The molecule has 104 valence electrons. The quantitative estimate of drug-likeness (QED) is 0.643. The van der Waals surface area contributed by atoms with Crippen LogP contribution >= 0.6 is 0 Å². The lowest BCUT2D eigenvalue weighted by atomic mass is 10.0. The minimum absolute atomic E-state index is 0.488. The van der Waals surface area contributed by atoms with Gasteiger partial charge in [0.1, 0.15) is 0 Å². The van der Waals surface area contributed by atoms with Gasteiger partial charge in [-0.2, -0.15) is 5.10 Å². The number of rotatable bonds is 3. The van der Waals surface area contributed by atoms with Crippen LogP contribution in [0.3, 0.4) is 0 Å². The van der Waals surface area contributed by atoms with Gasteiger partial charge in [0.25, 0.3) is 0 Å². The molecule has 4 nitrogen and oxygen atoms in total. The standard InChI is InChI=1S/C17H16N4/c1-2-15(18)17(19)12-5-3-11(4-6-12)13-7-8-14-10-20-21-16(14)9-13/h2-10H,1,18-19H2,(H,20,21)/b17-15-. The van der Waals surface area contributed by atoms with Gasteiger partial charge in [-0.15, -0.1) is 0 Å². The molecule has 0 unspecified atom stereocenters. The van der Waals surface area contributed by atoms with Gasteiger partial charge in [-0.05, 0) is 28.8 Å². The minimum Gasteiger partial charge on any atom is -0.397 e. The fourth-order valence-electron chi connectivity index (χ4n) is 2.24. The number of aromatic amines is 1. The van der Waals surface area contributed by atoms with Crippen molar-refractivity contribution in [1.82, 2.24) is 10.2 Å². The van der Waals surface area contributed by atoms with Crippen LogP contribution in [0.4, 0.5) is 0 Å². The topological polar surface area (TPSA) is 80.7 Å². The highest BCUT2D eigenvalue weighted by Gasteiger charge is 2.03. The Kier molecular flexibility index (Phi) is 3.20. The van der Waals surface area contributed by atoms with E-state index in [2.05, 4.69) is 28.9 Å². The molecule has 0 saturated carbocycles. The second-order valence-electron chi connectivity index (χ2n) is 4.82. The first-order chi connectivity index (χ1) is 10.2. The molecule has 0 atom stereocenters. The maximum Gasteiger partial charge on any atom is 0.0656 e. The summed E-state index contributed by atoms with van der Waals surface area (Å²) in [7, 11) is 0. The molecule has 0 bridgehead atoms.